The van der Waals surface area contributed by atoms with Crippen LogP contribution in [0.1, 0.15) is 0 Å². The summed E-state index contributed by atoms with van der Waals surface area (Å²) in [6.07, 6.45) is 0. The number of hydrogen-bond acceptors (Lipinski definition) is 3. The molecule has 9 heavy (non-hydrogen) atoms. The summed E-state index contributed by atoms with van der Waals surface area (Å²) in [4.78, 5) is 0. The molecule has 0 bridgehead atoms. The molecule has 0 atom stereocenters. The van der Waals surface area contributed by atoms with Crippen LogP contribution in [0.5, 0.6) is 0 Å². The molecule has 0 aromatic carbocycles. The third kappa shape index (κ3) is 117. The first-order valence-corrected chi connectivity index (χ1v) is 6.05. The van der Waals surface area contributed by atoms with Crippen molar-refractivity contribution in [3.8, 4) is 0 Å². The third-order valence-electron chi connectivity index (χ3n) is 0.129. The van der Waals surface area contributed by atoms with Gasteiger partial charge in [-0.3, -0.25) is 0 Å². The monoisotopic (exact) mass is 239 g/mol. The molecular formula is C2H9NO3S2Se. The molecule has 0 heterocycles. The van der Waals surface area contributed by atoms with Gasteiger partial charge in [-0.2, -0.15) is 12.6 Å². The van der Waals surface area contributed by atoms with Crippen LogP contribution in [-0.2, 0) is 8.42 Å². The Labute approximate surface area is 67.0 Å². The van der Waals surface area contributed by atoms with E-state index in [4.69, 9.17) is 14.8 Å². The molecular weight excluding hydrogens is 229 g/mol. The van der Waals surface area contributed by atoms with Crippen LogP contribution >= 0.6 is 12.6 Å². The van der Waals surface area contributed by atoms with Gasteiger partial charge >= 0.3 is 36.1 Å². The number of rotatable bonds is 1. The van der Waals surface area contributed by atoms with Crippen LogP contribution in [0.15, 0.2) is 0 Å². The standard InChI is InChI=1S/C2H7NS.H2O3SSe/c3-1-2-4;1-4(2,3)5/h4H,1-3H2;(H2,1,2,3,5). The topological polar surface area (TPSA) is 83.6 Å². The molecule has 0 aliphatic rings. The first kappa shape index (κ1) is 12.6. The summed E-state index contributed by atoms with van der Waals surface area (Å²) in [5.41, 5.74) is 4.95. The van der Waals surface area contributed by atoms with Crippen molar-refractivity contribution in [3.05, 3.63) is 0 Å². The molecule has 0 saturated heterocycles. The summed E-state index contributed by atoms with van der Waals surface area (Å²) in [6, 6.07) is 0. The SMILES string of the molecule is NCCS.O=S(O)(O)=[Se]. The maximum atomic E-state index is 9.24. The molecule has 0 saturated carbocycles. The van der Waals surface area contributed by atoms with Crippen molar-refractivity contribution in [2.75, 3.05) is 12.3 Å². The quantitative estimate of drug-likeness (QED) is 0.355. The average molecular weight is 238 g/mol. The summed E-state index contributed by atoms with van der Waals surface area (Å²) < 4.78 is 24.3. The van der Waals surface area contributed by atoms with E-state index < -0.39 is 8.42 Å². The first-order valence-electron chi connectivity index (χ1n) is 1.92. The molecule has 0 aliphatic heterocycles. The summed E-state index contributed by atoms with van der Waals surface area (Å²) in [6.45, 7) is 0.684. The van der Waals surface area contributed by atoms with Gasteiger partial charge in [-0.1, -0.05) is 0 Å². The fourth-order valence-corrected chi connectivity index (χ4v) is 0. The summed E-state index contributed by atoms with van der Waals surface area (Å²) in [5.74, 6) is 0.792. The summed E-state index contributed by atoms with van der Waals surface area (Å²) in [7, 11) is -3.54. The van der Waals surface area contributed by atoms with Gasteiger partial charge in [-0.15, -0.1) is 0 Å². The van der Waals surface area contributed by atoms with Gasteiger partial charge in [0.15, 0.2) is 0 Å². The van der Waals surface area contributed by atoms with Crippen LogP contribution in [0.4, 0.5) is 0 Å². The molecule has 0 radical (unpaired) electrons. The Balaban J connectivity index is 0. The second-order valence-corrected chi connectivity index (χ2v) is 5.04. The third-order valence-corrected chi connectivity index (χ3v) is 0.387. The Bertz CT molecular complexity index is 123. The Morgan fingerprint density at radius 1 is 1.67 bits per heavy atom. The predicted molar refractivity (Wildman–Crippen MR) is 42.1 cm³/mol. The van der Waals surface area contributed by atoms with E-state index in [1.54, 1.807) is 14.4 Å². The van der Waals surface area contributed by atoms with E-state index >= 15 is 0 Å². The van der Waals surface area contributed by atoms with Crippen molar-refractivity contribution in [2.24, 2.45) is 5.73 Å². The minimum atomic E-state index is -3.54. The van der Waals surface area contributed by atoms with E-state index in [-0.39, 0.29) is 0 Å². The second-order valence-electron chi connectivity index (χ2n) is 0.960. The second kappa shape index (κ2) is 7.01. The molecule has 0 rings (SSSR count). The molecule has 7 heteroatoms. The van der Waals surface area contributed by atoms with Crippen molar-refractivity contribution in [1.82, 2.24) is 0 Å². The summed E-state index contributed by atoms with van der Waals surface area (Å²) >= 11 is 5.41. The molecule has 58 valence electrons. The summed E-state index contributed by atoms with van der Waals surface area (Å²) in [5, 5.41) is 0. The average Bonchev–Trinajstić information content (AvgIpc) is 1.61. The van der Waals surface area contributed by atoms with Crippen LogP contribution in [0.25, 0.3) is 0 Å². The van der Waals surface area contributed by atoms with Gasteiger partial charge in [0.05, 0.1) is 0 Å². The Morgan fingerprint density at radius 3 is 1.78 bits per heavy atom. The van der Waals surface area contributed by atoms with Crippen molar-refractivity contribution >= 4 is 35.4 Å². The van der Waals surface area contributed by atoms with Crippen LogP contribution in [0.2, 0.25) is 0 Å². The van der Waals surface area contributed by atoms with E-state index in [0.717, 1.165) is 5.75 Å². The molecule has 0 spiro atoms. The molecule has 0 aromatic rings. The Hall–Kier alpha value is 0.899. The van der Waals surface area contributed by atoms with Gasteiger partial charge < -0.3 is 5.73 Å². The van der Waals surface area contributed by atoms with Crippen molar-refractivity contribution in [2.45, 2.75) is 0 Å². The maximum absolute atomic E-state index is 9.24. The first-order chi connectivity index (χ1) is 3.91. The number of thiol groups is 1. The number of nitrogens with two attached hydrogens (primary N) is 1. The number of hydrogen-bond donors (Lipinski definition) is 4. The van der Waals surface area contributed by atoms with Gasteiger partial charge in [0.25, 0.3) is 0 Å². The van der Waals surface area contributed by atoms with Crippen LogP contribution in [0, 0.1) is 0 Å². The van der Waals surface area contributed by atoms with Gasteiger partial charge in [0.1, 0.15) is 0 Å². The molecule has 0 aliphatic carbocycles. The van der Waals surface area contributed by atoms with E-state index in [2.05, 4.69) is 12.6 Å². The normalized spacial score (nSPS) is 9.78. The zero-order valence-corrected chi connectivity index (χ0v) is 7.98. The Kier molecular flexibility index (Phi) is 9.79. The van der Waals surface area contributed by atoms with E-state index in [1.165, 1.54) is 0 Å². The van der Waals surface area contributed by atoms with Gasteiger partial charge in [-0.25, -0.2) is 0 Å². The van der Waals surface area contributed by atoms with Crippen LogP contribution < -0.4 is 5.73 Å². The van der Waals surface area contributed by atoms with Gasteiger partial charge in [-0.05, 0) is 0 Å². The fraction of sp³-hybridized carbons (Fsp3) is 1.00. The van der Waals surface area contributed by atoms with Gasteiger partial charge in [0, 0.05) is 12.3 Å². The fourth-order valence-electron chi connectivity index (χ4n) is 0. The molecule has 0 fully saturated rings. The van der Waals surface area contributed by atoms with E-state index in [0.29, 0.717) is 6.54 Å². The molecule has 0 amide bonds. The zero-order valence-electron chi connectivity index (χ0n) is 4.56. The van der Waals surface area contributed by atoms with Crippen molar-refractivity contribution < 1.29 is 13.3 Å². The van der Waals surface area contributed by atoms with Crippen molar-refractivity contribution in [1.29, 1.82) is 0 Å². The van der Waals surface area contributed by atoms with Gasteiger partial charge in [0.2, 0.25) is 0 Å². The van der Waals surface area contributed by atoms with Crippen molar-refractivity contribution in [3.63, 3.8) is 0 Å². The van der Waals surface area contributed by atoms with Crippen LogP contribution in [0.3, 0.4) is 0 Å². The predicted octanol–water partition coefficient (Wildman–Crippen LogP) is -0.825. The zero-order chi connectivity index (χ0) is 7.91. The molecule has 4 nitrogen and oxygen atoms in total. The molecule has 4 N–H and O–H groups in total. The molecule has 0 unspecified atom stereocenters. The minimum absolute atomic E-state index is 0.684. The van der Waals surface area contributed by atoms with Crippen LogP contribution in [-0.4, -0.2) is 40.0 Å². The Morgan fingerprint density at radius 2 is 1.78 bits per heavy atom. The molecule has 0 aromatic heterocycles. The van der Waals surface area contributed by atoms with E-state index in [1.807, 2.05) is 0 Å². The van der Waals surface area contributed by atoms with E-state index in [9.17, 15) is 4.21 Å².